The molecule has 11 heteroatoms. The molecular formula is C23H24N4O7. The number of para-hydroxylation sites is 1. The third-order valence-electron chi connectivity index (χ3n) is 6.02. The zero-order chi connectivity index (χ0) is 24.4. The van der Waals surface area contributed by atoms with Crippen molar-refractivity contribution in [2.24, 2.45) is 0 Å². The molecule has 1 aliphatic heterocycles. The van der Waals surface area contributed by atoms with Crippen molar-refractivity contribution in [3.8, 4) is 0 Å². The molecule has 0 spiro atoms. The van der Waals surface area contributed by atoms with E-state index in [1.165, 1.54) is 11.0 Å². The van der Waals surface area contributed by atoms with Gasteiger partial charge in [0.15, 0.2) is 6.04 Å². The number of nitrogens with one attached hydrogen (secondary N) is 2. The van der Waals surface area contributed by atoms with Gasteiger partial charge in [-0.15, -0.1) is 0 Å². The molecule has 0 bridgehead atoms. The van der Waals surface area contributed by atoms with Crippen molar-refractivity contribution in [1.29, 1.82) is 0 Å². The molecule has 3 aromatic rings. The number of amides is 2. The average Bonchev–Trinajstić information content (AvgIpc) is 3.45. The second-order valence-corrected chi connectivity index (χ2v) is 8.18. The Hall–Kier alpha value is -3.99. The van der Waals surface area contributed by atoms with E-state index in [0.29, 0.717) is 36.0 Å². The number of carboxylic acid groups (broad SMARTS) is 2. The molecule has 5 N–H and O–H groups in total. The maximum Gasteiger partial charge on any atom is 0.328 e. The van der Waals surface area contributed by atoms with Gasteiger partial charge in [0.1, 0.15) is 11.7 Å². The van der Waals surface area contributed by atoms with Gasteiger partial charge < -0.3 is 30.5 Å². The van der Waals surface area contributed by atoms with Gasteiger partial charge in [-0.05, 0) is 25.0 Å². The summed E-state index contributed by atoms with van der Waals surface area (Å²) in [6, 6.07) is 6.62. The van der Waals surface area contributed by atoms with Gasteiger partial charge >= 0.3 is 11.9 Å². The quantitative estimate of drug-likeness (QED) is 0.324. The summed E-state index contributed by atoms with van der Waals surface area (Å²) >= 11 is 0. The van der Waals surface area contributed by atoms with E-state index >= 15 is 0 Å². The summed E-state index contributed by atoms with van der Waals surface area (Å²) in [7, 11) is 0. The molecule has 4 rings (SSSR count). The lowest BCUT2D eigenvalue weighted by molar-refractivity contribution is -0.148. The number of carbonyl (C=O) groups excluding carboxylic acids is 2. The van der Waals surface area contributed by atoms with Crippen LogP contribution in [-0.4, -0.2) is 79.2 Å². The highest BCUT2D eigenvalue weighted by atomic mass is 16.4. The number of aromatic nitrogens is 2. The van der Waals surface area contributed by atoms with E-state index in [-0.39, 0.29) is 24.4 Å². The number of aliphatic hydroxyl groups excluding tert-OH is 1. The number of aromatic amines is 1. The van der Waals surface area contributed by atoms with Gasteiger partial charge in [-0.25, -0.2) is 14.6 Å². The van der Waals surface area contributed by atoms with Gasteiger partial charge in [0.05, 0.1) is 17.8 Å². The van der Waals surface area contributed by atoms with Crippen molar-refractivity contribution in [3.63, 3.8) is 0 Å². The highest BCUT2D eigenvalue weighted by Gasteiger charge is 2.33. The molecule has 0 aliphatic carbocycles. The number of carboxylic acids is 2. The van der Waals surface area contributed by atoms with Gasteiger partial charge in [-0.2, -0.15) is 0 Å². The number of H-pyrrole nitrogens is 1. The van der Waals surface area contributed by atoms with Crippen LogP contribution in [0.15, 0.2) is 30.3 Å². The number of likely N-dealkylation sites (tertiary alicyclic amines) is 1. The highest BCUT2D eigenvalue weighted by Crippen LogP contribution is 2.29. The molecule has 34 heavy (non-hydrogen) atoms. The van der Waals surface area contributed by atoms with Crippen molar-refractivity contribution in [2.45, 2.75) is 37.8 Å². The summed E-state index contributed by atoms with van der Waals surface area (Å²) < 4.78 is 0. The SMILES string of the molecule is O=C(N[C@@H](CO)C(=O)O)c1cc2c([nH]c3ccccc32)c(CCC(=O)N2CCC[C@H]2C(=O)O)n1. The van der Waals surface area contributed by atoms with Crippen LogP contribution in [0.2, 0.25) is 0 Å². The van der Waals surface area contributed by atoms with Crippen molar-refractivity contribution in [1.82, 2.24) is 20.2 Å². The minimum absolute atomic E-state index is 0.000703. The number of aliphatic carboxylic acids is 2. The fourth-order valence-corrected chi connectivity index (χ4v) is 4.32. The number of nitrogens with zero attached hydrogens (tertiary/aromatic N) is 2. The van der Waals surface area contributed by atoms with Crippen molar-refractivity contribution < 1.29 is 34.5 Å². The molecule has 0 radical (unpaired) electrons. The third kappa shape index (κ3) is 4.42. The normalized spacial score (nSPS) is 16.6. The molecular weight excluding hydrogens is 444 g/mol. The van der Waals surface area contributed by atoms with Crippen LogP contribution in [-0.2, 0) is 20.8 Å². The average molecular weight is 468 g/mol. The number of hydrogen-bond acceptors (Lipinski definition) is 6. The molecule has 2 aromatic heterocycles. The first-order valence-electron chi connectivity index (χ1n) is 10.9. The van der Waals surface area contributed by atoms with Gasteiger partial charge in [0.2, 0.25) is 5.91 Å². The second kappa shape index (κ2) is 9.48. The van der Waals surface area contributed by atoms with Crippen LogP contribution in [0.3, 0.4) is 0 Å². The van der Waals surface area contributed by atoms with Gasteiger partial charge in [-0.3, -0.25) is 9.59 Å². The molecule has 2 amide bonds. The van der Waals surface area contributed by atoms with Crippen LogP contribution in [0.5, 0.6) is 0 Å². The Labute approximate surface area is 193 Å². The number of aryl methyl sites for hydroxylation is 1. The molecule has 1 aliphatic rings. The summed E-state index contributed by atoms with van der Waals surface area (Å²) in [5.74, 6) is -3.49. The maximum atomic E-state index is 12.8. The number of benzene rings is 1. The van der Waals surface area contributed by atoms with Crippen LogP contribution in [0.4, 0.5) is 0 Å². The Morgan fingerprint density at radius 2 is 1.94 bits per heavy atom. The lowest BCUT2D eigenvalue weighted by atomic mass is 10.1. The van der Waals surface area contributed by atoms with E-state index < -0.39 is 36.5 Å². The number of rotatable bonds is 8. The first kappa shape index (κ1) is 23.2. The van der Waals surface area contributed by atoms with E-state index in [2.05, 4.69) is 15.3 Å². The summed E-state index contributed by atoms with van der Waals surface area (Å²) in [5, 5.41) is 31.5. The first-order chi connectivity index (χ1) is 16.3. The second-order valence-electron chi connectivity index (χ2n) is 8.18. The summed E-state index contributed by atoms with van der Waals surface area (Å²) in [4.78, 5) is 57.2. The maximum absolute atomic E-state index is 12.8. The van der Waals surface area contributed by atoms with Crippen LogP contribution < -0.4 is 5.32 Å². The number of aliphatic hydroxyl groups is 1. The van der Waals surface area contributed by atoms with Crippen molar-refractivity contribution >= 4 is 45.6 Å². The van der Waals surface area contributed by atoms with Crippen LogP contribution in [0.25, 0.3) is 21.8 Å². The summed E-state index contributed by atoms with van der Waals surface area (Å²) in [6.45, 7) is -0.399. The zero-order valence-electron chi connectivity index (χ0n) is 18.2. The lowest BCUT2D eigenvalue weighted by Gasteiger charge is -2.21. The summed E-state index contributed by atoms with van der Waals surface area (Å²) in [6.07, 6.45) is 1.19. The third-order valence-corrected chi connectivity index (χ3v) is 6.02. The predicted octanol–water partition coefficient (Wildman–Crippen LogP) is 0.900. The number of fused-ring (bicyclic) bond motifs is 3. The Balaban J connectivity index is 1.67. The van der Waals surface area contributed by atoms with Crippen molar-refractivity contribution in [3.05, 3.63) is 41.7 Å². The Morgan fingerprint density at radius 1 is 1.18 bits per heavy atom. The Morgan fingerprint density at radius 3 is 2.65 bits per heavy atom. The Bertz CT molecular complexity index is 1290. The fraction of sp³-hybridized carbons (Fsp3) is 0.348. The van der Waals surface area contributed by atoms with Gasteiger partial charge in [0.25, 0.3) is 5.91 Å². The first-order valence-corrected chi connectivity index (χ1v) is 10.9. The Kier molecular flexibility index (Phi) is 6.46. The molecule has 178 valence electrons. The van der Waals surface area contributed by atoms with Crippen LogP contribution >= 0.6 is 0 Å². The van der Waals surface area contributed by atoms with Gasteiger partial charge in [-0.1, -0.05) is 18.2 Å². The minimum Gasteiger partial charge on any atom is -0.480 e. The fourth-order valence-electron chi connectivity index (χ4n) is 4.32. The standard InChI is InChI=1S/C23H24N4O7/c28-11-17(22(31)32)26-21(30)16-10-13-12-4-1-2-5-14(12)25-20(13)15(24-16)7-8-19(29)27-9-3-6-18(27)23(33)34/h1-2,4-5,10,17-18,25,28H,3,6-9,11H2,(H,26,30)(H,31,32)(H,33,34)/t17-,18-/m0/s1. The number of pyridine rings is 1. The van der Waals surface area contributed by atoms with Crippen LogP contribution in [0.1, 0.15) is 35.4 Å². The summed E-state index contributed by atoms with van der Waals surface area (Å²) in [5.41, 5.74) is 1.81. The van der Waals surface area contributed by atoms with Crippen molar-refractivity contribution in [2.75, 3.05) is 13.2 Å². The molecule has 11 nitrogen and oxygen atoms in total. The zero-order valence-corrected chi connectivity index (χ0v) is 18.2. The van der Waals surface area contributed by atoms with Crippen LogP contribution in [0, 0.1) is 0 Å². The monoisotopic (exact) mass is 468 g/mol. The smallest absolute Gasteiger partial charge is 0.328 e. The van der Waals surface area contributed by atoms with Gasteiger partial charge in [0, 0.05) is 35.7 Å². The highest BCUT2D eigenvalue weighted by molar-refractivity contribution is 6.10. The molecule has 1 saturated heterocycles. The van der Waals surface area contributed by atoms with E-state index in [1.807, 2.05) is 24.3 Å². The van der Waals surface area contributed by atoms with E-state index in [1.54, 1.807) is 0 Å². The predicted molar refractivity (Wildman–Crippen MR) is 120 cm³/mol. The molecule has 0 saturated carbocycles. The largest absolute Gasteiger partial charge is 0.480 e. The molecule has 2 atom stereocenters. The number of hydrogen-bond donors (Lipinski definition) is 5. The van der Waals surface area contributed by atoms with E-state index in [0.717, 1.165) is 10.9 Å². The molecule has 3 heterocycles. The topological polar surface area (TPSA) is 173 Å². The molecule has 0 unspecified atom stereocenters. The molecule has 1 fully saturated rings. The molecule has 1 aromatic carbocycles. The van der Waals surface area contributed by atoms with E-state index in [4.69, 9.17) is 5.11 Å². The minimum atomic E-state index is -1.49. The van der Waals surface area contributed by atoms with E-state index in [9.17, 15) is 29.4 Å². The lowest BCUT2D eigenvalue weighted by Crippen LogP contribution is -2.43. The number of carbonyl (C=O) groups is 4.